The average molecular weight is 322 g/mol. The van der Waals surface area contributed by atoms with Crippen molar-refractivity contribution in [1.29, 1.82) is 0 Å². The highest BCUT2D eigenvalue weighted by Crippen LogP contribution is 2.15. The predicted molar refractivity (Wildman–Crippen MR) is 79.7 cm³/mol. The Kier molecular flexibility index (Phi) is 6.88. The second-order valence-corrected chi connectivity index (χ2v) is 4.79. The van der Waals surface area contributed by atoms with Crippen molar-refractivity contribution >= 4 is 24.1 Å². The van der Waals surface area contributed by atoms with E-state index in [1.807, 2.05) is 0 Å². The zero-order chi connectivity index (χ0) is 17.4. The van der Waals surface area contributed by atoms with Crippen molar-refractivity contribution in [2.24, 2.45) is 5.73 Å². The predicted octanol–water partition coefficient (Wildman–Crippen LogP) is -0.499. The third kappa shape index (κ3) is 5.19. The maximum absolute atomic E-state index is 12.3. The second kappa shape index (κ2) is 8.64. The van der Waals surface area contributed by atoms with Crippen LogP contribution in [0.15, 0.2) is 24.3 Å². The Morgan fingerprint density at radius 1 is 1.35 bits per heavy atom. The van der Waals surface area contributed by atoms with E-state index in [2.05, 4.69) is 10.1 Å². The van der Waals surface area contributed by atoms with Gasteiger partial charge in [-0.15, -0.1) is 0 Å². The molecule has 0 aliphatic rings. The van der Waals surface area contributed by atoms with Crippen LogP contribution in [0, 0.1) is 0 Å². The molecule has 0 heterocycles. The lowest BCUT2D eigenvalue weighted by Gasteiger charge is -2.17. The summed E-state index contributed by atoms with van der Waals surface area (Å²) in [4.78, 5) is 45.2. The number of carbonyl (C=O) groups is 4. The molecule has 0 saturated heterocycles. The van der Waals surface area contributed by atoms with Crippen molar-refractivity contribution in [2.75, 3.05) is 7.11 Å². The van der Waals surface area contributed by atoms with Crippen molar-refractivity contribution < 1.29 is 29.0 Å². The highest BCUT2D eigenvalue weighted by atomic mass is 16.5. The summed E-state index contributed by atoms with van der Waals surface area (Å²) >= 11 is 0. The molecule has 0 unspecified atom stereocenters. The normalized spacial score (nSPS) is 12.8. The van der Waals surface area contributed by atoms with Crippen LogP contribution in [0.4, 0.5) is 0 Å². The maximum Gasteiger partial charge on any atom is 0.328 e. The lowest BCUT2D eigenvalue weighted by atomic mass is 9.94. The smallest absolute Gasteiger partial charge is 0.328 e. The van der Waals surface area contributed by atoms with Crippen molar-refractivity contribution in [3.63, 3.8) is 0 Å². The van der Waals surface area contributed by atoms with Gasteiger partial charge in [-0.3, -0.25) is 14.4 Å². The van der Waals surface area contributed by atoms with E-state index in [0.29, 0.717) is 12.0 Å². The number of carboxylic acids is 1. The molecule has 0 aliphatic carbocycles. The van der Waals surface area contributed by atoms with E-state index < -0.39 is 36.2 Å². The summed E-state index contributed by atoms with van der Waals surface area (Å²) in [5.74, 6) is -2.38. The van der Waals surface area contributed by atoms with Crippen LogP contribution >= 0.6 is 0 Å². The first kappa shape index (κ1) is 18.3. The number of nitrogens with one attached hydrogen (secondary N) is 1. The van der Waals surface area contributed by atoms with Crippen LogP contribution in [0.1, 0.15) is 22.3 Å². The molecular weight excluding hydrogens is 304 g/mol. The summed E-state index contributed by atoms with van der Waals surface area (Å²) in [5, 5.41) is 11.0. The lowest BCUT2D eigenvalue weighted by Crippen LogP contribution is -2.39. The zero-order valence-corrected chi connectivity index (χ0v) is 12.5. The molecule has 4 N–H and O–H groups in total. The van der Waals surface area contributed by atoms with E-state index in [9.17, 15) is 19.2 Å². The molecule has 0 bridgehead atoms. The lowest BCUT2D eigenvalue weighted by molar-refractivity contribution is -0.144. The van der Waals surface area contributed by atoms with E-state index in [4.69, 9.17) is 10.8 Å². The van der Waals surface area contributed by atoms with E-state index in [1.165, 1.54) is 13.2 Å². The summed E-state index contributed by atoms with van der Waals surface area (Å²) in [6.45, 7) is 0. The number of aliphatic carboxylic acids is 1. The van der Waals surface area contributed by atoms with Gasteiger partial charge in [-0.05, 0) is 5.56 Å². The van der Waals surface area contributed by atoms with Gasteiger partial charge < -0.3 is 20.9 Å². The van der Waals surface area contributed by atoms with Crippen molar-refractivity contribution in [2.45, 2.75) is 24.9 Å². The highest BCUT2D eigenvalue weighted by molar-refractivity contribution is 6.02. The number of hydrogen-bond donors (Lipinski definition) is 3. The monoisotopic (exact) mass is 322 g/mol. The Bertz CT molecular complexity index is 601. The van der Waals surface area contributed by atoms with Gasteiger partial charge in [0.05, 0.1) is 19.6 Å². The molecule has 0 aromatic heterocycles. The molecule has 1 aromatic carbocycles. The van der Waals surface area contributed by atoms with E-state index in [-0.39, 0.29) is 12.0 Å². The van der Waals surface area contributed by atoms with Gasteiger partial charge in [-0.1, -0.05) is 24.3 Å². The molecule has 1 amide bonds. The molecular formula is C15H18N2O6. The van der Waals surface area contributed by atoms with E-state index >= 15 is 0 Å². The number of methoxy groups -OCH3 is 1. The summed E-state index contributed by atoms with van der Waals surface area (Å²) < 4.78 is 4.59. The van der Waals surface area contributed by atoms with Crippen LogP contribution in [0.3, 0.4) is 0 Å². The number of ketones is 1. The number of ether oxygens (including phenoxy) is 1. The van der Waals surface area contributed by atoms with Crippen LogP contribution in [-0.4, -0.2) is 48.4 Å². The fourth-order valence-electron chi connectivity index (χ4n) is 2.07. The average Bonchev–Trinajstić information content (AvgIpc) is 2.52. The van der Waals surface area contributed by atoms with Crippen molar-refractivity contribution in [1.82, 2.24) is 5.32 Å². The summed E-state index contributed by atoms with van der Waals surface area (Å²) in [5.41, 5.74) is 6.27. The topological polar surface area (TPSA) is 136 Å². The van der Waals surface area contributed by atoms with Crippen molar-refractivity contribution in [3.8, 4) is 0 Å². The molecule has 0 spiro atoms. The van der Waals surface area contributed by atoms with Gasteiger partial charge in [0.15, 0.2) is 5.78 Å². The van der Waals surface area contributed by atoms with E-state index in [1.54, 1.807) is 18.2 Å². The van der Waals surface area contributed by atoms with Gasteiger partial charge in [-0.2, -0.15) is 0 Å². The van der Waals surface area contributed by atoms with Gasteiger partial charge in [0.1, 0.15) is 6.04 Å². The summed E-state index contributed by atoms with van der Waals surface area (Å²) in [6.07, 6.45) is -0.116. The number of carbonyl (C=O) groups excluding carboxylic acids is 3. The molecule has 0 fully saturated rings. The zero-order valence-electron chi connectivity index (χ0n) is 12.5. The number of benzene rings is 1. The first-order valence-electron chi connectivity index (χ1n) is 6.77. The second-order valence-electron chi connectivity index (χ2n) is 4.79. The first-order valence-corrected chi connectivity index (χ1v) is 6.77. The first-order chi connectivity index (χ1) is 10.9. The Balaban J connectivity index is 3.04. The van der Waals surface area contributed by atoms with Gasteiger partial charge in [0.25, 0.3) is 0 Å². The van der Waals surface area contributed by atoms with Crippen molar-refractivity contribution in [3.05, 3.63) is 35.4 Å². The number of hydrogen-bond acceptors (Lipinski definition) is 6. The minimum atomic E-state index is -1.19. The number of nitrogens with two attached hydrogens (primary N) is 1. The Labute approximate surface area is 132 Å². The Morgan fingerprint density at radius 3 is 2.57 bits per heavy atom. The number of carboxylic acid groups (broad SMARTS) is 1. The fourth-order valence-corrected chi connectivity index (χ4v) is 2.07. The third-order valence-electron chi connectivity index (χ3n) is 3.19. The maximum atomic E-state index is 12.3. The molecule has 1 aromatic rings. The molecule has 2 atom stereocenters. The molecule has 0 radical (unpaired) electrons. The largest absolute Gasteiger partial charge is 0.481 e. The van der Waals surface area contributed by atoms with Gasteiger partial charge >= 0.3 is 11.9 Å². The molecule has 0 aliphatic heterocycles. The van der Waals surface area contributed by atoms with Gasteiger partial charge in [0.2, 0.25) is 6.41 Å². The van der Waals surface area contributed by atoms with Crippen LogP contribution in [0.5, 0.6) is 0 Å². The molecule has 0 saturated carbocycles. The van der Waals surface area contributed by atoms with Gasteiger partial charge in [-0.25, -0.2) is 4.79 Å². The number of rotatable bonds is 9. The number of esters is 1. The van der Waals surface area contributed by atoms with Crippen LogP contribution in [0.25, 0.3) is 0 Å². The third-order valence-corrected chi connectivity index (χ3v) is 3.19. The highest BCUT2D eigenvalue weighted by Gasteiger charge is 2.24. The Hall–Kier alpha value is -2.74. The van der Waals surface area contributed by atoms with Gasteiger partial charge in [0, 0.05) is 12.0 Å². The number of amides is 1. The van der Waals surface area contributed by atoms with Crippen LogP contribution < -0.4 is 11.1 Å². The Morgan fingerprint density at radius 2 is 2.00 bits per heavy atom. The standard InChI is InChI=1S/C15H18N2O6/c1-23-15(22)12(17-8-18)6-9-4-2-3-5-10(9)14(21)11(16)7-13(19)20/h2-5,8,11-12H,6-7,16H2,1H3,(H,17,18)(H,19,20)/t11-,12-/m0/s1. The molecule has 124 valence electrons. The molecule has 8 nitrogen and oxygen atoms in total. The van der Waals surface area contributed by atoms with Crippen LogP contribution in [0.2, 0.25) is 0 Å². The summed E-state index contributed by atoms with van der Waals surface area (Å²) in [6, 6.07) is 4.21. The SMILES string of the molecule is COC(=O)[C@H](Cc1ccccc1C(=O)[C@@H](N)CC(=O)O)NC=O. The molecule has 8 heteroatoms. The molecule has 23 heavy (non-hydrogen) atoms. The number of Topliss-reactive ketones (excluding diaryl/α,β-unsaturated/α-hetero) is 1. The fraction of sp³-hybridized carbons (Fsp3) is 0.333. The minimum absolute atomic E-state index is 0.0210. The van der Waals surface area contributed by atoms with E-state index in [0.717, 1.165) is 0 Å². The quantitative estimate of drug-likeness (QED) is 0.317. The van der Waals surface area contributed by atoms with Crippen LogP contribution in [-0.2, 0) is 25.5 Å². The molecule has 1 rings (SSSR count). The summed E-state index contributed by atoms with van der Waals surface area (Å²) in [7, 11) is 1.18. The minimum Gasteiger partial charge on any atom is -0.481 e.